The number of para-hydroxylation sites is 3. The van der Waals surface area contributed by atoms with Crippen molar-refractivity contribution in [2.75, 3.05) is 24.6 Å². The van der Waals surface area contributed by atoms with Crippen molar-refractivity contribution in [2.24, 2.45) is 0 Å². The first-order valence-corrected chi connectivity index (χ1v) is 11.6. The Kier molecular flexibility index (Phi) is 6.23. The first kappa shape index (κ1) is 22.0. The summed E-state index contributed by atoms with van der Waals surface area (Å²) in [7, 11) is 0. The molecule has 34 heavy (non-hydrogen) atoms. The van der Waals surface area contributed by atoms with E-state index in [0.29, 0.717) is 23.0 Å². The second-order valence-electron chi connectivity index (χ2n) is 8.22. The smallest absolute Gasteiger partial charge is 0.265 e. The van der Waals surface area contributed by atoms with Crippen molar-refractivity contribution in [2.45, 2.75) is 12.3 Å². The topological polar surface area (TPSA) is 74.4 Å². The minimum absolute atomic E-state index is 0.0201. The third-order valence-electron chi connectivity index (χ3n) is 6.15. The molecule has 1 aliphatic rings. The summed E-state index contributed by atoms with van der Waals surface area (Å²) in [5.41, 5.74) is 3.75. The molecule has 1 aromatic heterocycles. The van der Waals surface area contributed by atoms with Crippen LogP contribution in [0.25, 0.3) is 10.9 Å². The molecule has 0 bridgehead atoms. The fourth-order valence-electron chi connectivity index (χ4n) is 4.44. The maximum absolute atomic E-state index is 12.8. The van der Waals surface area contributed by atoms with E-state index in [1.54, 1.807) is 4.90 Å². The van der Waals surface area contributed by atoms with E-state index in [0.717, 1.165) is 22.0 Å². The van der Waals surface area contributed by atoms with E-state index in [-0.39, 0.29) is 37.3 Å². The fraction of sp³-hybridized carbons (Fsp3) is 0.185. The zero-order valence-electron chi connectivity index (χ0n) is 18.5. The van der Waals surface area contributed by atoms with Crippen molar-refractivity contribution in [3.63, 3.8) is 0 Å². The summed E-state index contributed by atoms with van der Waals surface area (Å²) in [6, 6.07) is 23.1. The zero-order valence-corrected chi connectivity index (χ0v) is 19.2. The molecule has 0 fully saturated rings. The van der Waals surface area contributed by atoms with Gasteiger partial charge in [-0.2, -0.15) is 0 Å². The highest BCUT2D eigenvalue weighted by Gasteiger charge is 2.26. The average molecular weight is 474 g/mol. The molecule has 1 atom stereocenters. The predicted octanol–water partition coefficient (Wildman–Crippen LogP) is 4.89. The van der Waals surface area contributed by atoms with Crippen LogP contribution in [0.2, 0.25) is 5.02 Å². The molecular weight excluding hydrogens is 450 g/mol. The van der Waals surface area contributed by atoms with Crippen molar-refractivity contribution < 1.29 is 14.3 Å². The van der Waals surface area contributed by atoms with Crippen molar-refractivity contribution in [3.05, 3.63) is 95.1 Å². The number of rotatable bonds is 7. The van der Waals surface area contributed by atoms with Crippen LogP contribution in [0.4, 0.5) is 5.69 Å². The van der Waals surface area contributed by atoms with E-state index < -0.39 is 0 Å². The third-order valence-corrected chi connectivity index (χ3v) is 6.50. The Bertz CT molecular complexity index is 1350. The van der Waals surface area contributed by atoms with E-state index in [2.05, 4.69) is 16.4 Å². The lowest BCUT2D eigenvalue weighted by atomic mass is 9.90. The Hall–Kier alpha value is -3.77. The van der Waals surface area contributed by atoms with Gasteiger partial charge >= 0.3 is 0 Å². The van der Waals surface area contributed by atoms with Gasteiger partial charge in [0.15, 0.2) is 6.61 Å². The van der Waals surface area contributed by atoms with Gasteiger partial charge in [0.1, 0.15) is 5.75 Å². The molecule has 0 spiro atoms. The highest BCUT2D eigenvalue weighted by atomic mass is 35.5. The van der Waals surface area contributed by atoms with Crippen molar-refractivity contribution in [3.8, 4) is 5.75 Å². The number of aromatic nitrogens is 1. The maximum Gasteiger partial charge on any atom is 0.265 e. The van der Waals surface area contributed by atoms with Gasteiger partial charge in [0.05, 0.1) is 5.69 Å². The molecule has 4 aromatic rings. The quantitative estimate of drug-likeness (QED) is 0.401. The molecule has 172 valence electrons. The molecule has 1 aliphatic heterocycles. The van der Waals surface area contributed by atoms with Gasteiger partial charge in [-0.25, -0.2) is 0 Å². The molecule has 2 N–H and O–H groups in total. The molecule has 1 unspecified atom stereocenters. The molecule has 6 nitrogen and oxygen atoms in total. The summed E-state index contributed by atoms with van der Waals surface area (Å²) in [6.45, 7) is 0.653. The molecule has 0 saturated carbocycles. The van der Waals surface area contributed by atoms with Gasteiger partial charge in [0.25, 0.3) is 5.91 Å². The van der Waals surface area contributed by atoms with Gasteiger partial charge in [0.2, 0.25) is 5.91 Å². The number of aromatic amines is 1. The van der Waals surface area contributed by atoms with Crippen LogP contribution in [-0.2, 0) is 9.59 Å². The number of nitrogens with one attached hydrogen (secondary N) is 2. The molecule has 2 amide bonds. The Morgan fingerprint density at radius 3 is 2.68 bits per heavy atom. The SMILES string of the molecule is O=C(CCN1C(=O)COc2ccccc21)NCC(c1ccccc1Cl)c1c[nH]c2ccccc12. The van der Waals surface area contributed by atoms with Gasteiger partial charge in [-0.05, 0) is 35.4 Å². The summed E-state index contributed by atoms with van der Waals surface area (Å²) in [5.74, 6) is 0.244. The van der Waals surface area contributed by atoms with Crippen LogP contribution in [0, 0.1) is 0 Å². The molecule has 0 radical (unpaired) electrons. The van der Waals surface area contributed by atoms with E-state index in [1.807, 2.05) is 72.9 Å². The van der Waals surface area contributed by atoms with Crippen molar-refractivity contribution in [1.82, 2.24) is 10.3 Å². The number of halogens is 1. The molecular formula is C27H24ClN3O3. The van der Waals surface area contributed by atoms with Crippen LogP contribution >= 0.6 is 11.6 Å². The number of hydrogen-bond donors (Lipinski definition) is 2. The van der Waals surface area contributed by atoms with Gasteiger partial charge in [-0.1, -0.05) is 60.1 Å². The number of ether oxygens (including phenoxy) is 1. The average Bonchev–Trinajstić information content (AvgIpc) is 3.28. The molecule has 3 aromatic carbocycles. The molecule has 0 saturated heterocycles. The summed E-state index contributed by atoms with van der Waals surface area (Å²) < 4.78 is 5.48. The van der Waals surface area contributed by atoms with E-state index in [1.165, 1.54) is 0 Å². The van der Waals surface area contributed by atoms with Gasteiger partial charge in [-0.15, -0.1) is 0 Å². The minimum Gasteiger partial charge on any atom is -0.482 e. The van der Waals surface area contributed by atoms with Crippen LogP contribution < -0.4 is 15.0 Å². The normalized spacial score (nSPS) is 13.9. The Balaban J connectivity index is 1.32. The second-order valence-corrected chi connectivity index (χ2v) is 8.63. The lowest BCUT2D eigenvalue weighted by Crippen LogP contribution is -2.41. The number of anilines is 1. The maximum atomic E-state index is 12.8. The first-order chi connectivity index (χ1) is 16.6. The van der Waals surface area contributed by atoms with Crippen LogP contribution in [0.3, 0.4) is 0 Å². The van der Waals surface area contributed by atoms with Crippen LogP contribution in [0.1, 0.15) is 23.5 Å². The minimum atomic E-state index is -0.153. The van der Waals surface area contributed by atoms with Crippen LogP contribution in [-0.4, -0.2) is 36.5 Å². The highest BCUT2D eigenvalue weighted by Crippen LogP contribution is 2.34. The van der Waals surface area contributed by atoms with Gasteiger partial charge in [-0.3, -0.25) is 9.59 Å². The number of benzene rings is 3. The number of fused-ring (bicyclic) bond motifs is 2. The van der Waals surface area contributed by atoms with Crippen LogP contribution in [0.5, 0.6) is 5.75 Å². The largest absolute Gasteiger partial charge is 0.482 e. The lowest BCUT2D eigenvalue weighted by Gasteiger charge is -2.29. The number of carbonyl (C=O) groups excluding carboxylic acids is 2. The summed E-state index contributed by atoms with van der Waals surface area (Å²) >= 11 is 6.55. The Morgan fingerprint density at radius 1 is 1.03 bits per heavy atom. The third kappa shape index (κ3) is 4.37. The summed E-state index contributed by atoms with van der Waals surface area (Å²) in [5, 5.41) is 4.81. The number of hydrogen-bond acceptors (Lipinski definition) is 3. The lowest BCUT2D eigenvalue weighted by molar-refractivity contribution is -0.122. The number of amides is 2. The molecule has 2 heterocycles. The van der Waals surface area contributed by atoms with Crippen molar-refractivity contribution in [1.29, 1.82) is 0 Å². The van der Waals surface area contributed by atoms with Gasteiger partial charge < -0.3 is 19.9 Å². The molecule has 7 heteroatoms. The summed E-state index contributed by atoms with van der Waals surface area (Å²) in [6.07, 6.45) is 2.16. The number of H-pyrrole nitrogens is 1. The van der Waals surface area contributed by atoms with Gasteiger partial charge in [0, 0.05) is 47.6 Å². The Morgan fingerprint density at radius 2 is 1.79 bits per heavy atom. The Labute approximate surface area is 202 Å². The zero-order chi connectivity index (χ0) is 23.5. The molecule has 5 rings (SSSR count). The second kappa shape index (κ2) is 9.61. The molecule has 0 aliphatic carbocycles. The highest BCUT2D eigenvalue weighted by molar-refractivity contribution is 6.31. The monoisotopic (exact) mass is 473 g/mol. The first-order valence-electron chi connectivity index (χ1n) is 11.2. The van der Waals surface area contributed by atoms with Crippen LogP contribution in [0.15, 0.2) is 79.0 Å². The fourth-order valence-corrected chi connectivity index (χ4v) is 4.71. The standard InChI is InChI=1S/C27H24ClN3O3/c28-22-9-3-1-7-18(22)20(21-15-29-23-10-4-2-8-19(21)23)16-30-26(32)13-14-31-24-11-5-6-12-25(24)34-17-27(31)33/h1-12,15,20,29H,13-14,16-17H2,(H,30,32). The van der Waals surface area contributed by atoms with E-state index in [4.69, 9.17) is 16.3 Å². The summed E-state index contributed by atoms with van der Waals surface area (Å²) in [4.78, 5) is 30.2. The number of carbonyl (C=O) groups is 2. The van der Waals surface area contributed by atoms with E-state index >= 15 is 0 Å². The van der Waals surface area contributed by atoms with Crippen molar-refractivity contribution >= 4 is 40.0 Å². The van der Waals surface area contributed by atoms with E-state index in [9.17, 15) is 9.59 Å². The number of nitrogens with zero attached hydrogens (tertiary/aromatic N) is 1. The predicted molar refractivity (Wildman–Crippen MR) is 134 cm³/mol.